The van der Waals surface area contributed by atoms with Crippen molar-refractivity contribution in [3.63, 3.8) is 0 Å². The van der Waals surface area contributed by atoms with Gasteiger partial charge in [-0.25, -0.2) is 4.39 Å². The Bertz CT molecular complexity index is 320. The molecular formula is C13H18BrFO. The van der Waals surface area contributed by atoms with Crippen LogP contribution in [-0.4, -0.2) is 5.11 Å². The van der Waals surface area contributed by atoms with Gasteiger partial charge in [0.2, 0.25) is 0 Å². The first kappa shape index (κ1) is 13.7. The van der Waals surface area contributed by atoms with Gasteiger partial charge in [0.05, 0.1) is 6.10 Å². The molecule has 0 aliphatic rings. The average Bonchev–Trinajstić information content (AvgIpc) is 2.17. The van der Waals surface area contributed by atoms with Gasteiger partial charge >= 0.3 is 0 Å². The second-order valence-electron chi connectivity index (χ2n) is 4.28. The van der Waals surface area contributed by atoms with Gasteiger partial charge in [0.25, 0.3) is 0 Å². The Morgan fingerprint density at radius 2 is 2.12 bits per heavy atom. The molecule has 0 fully saturated rings. The van der Waals surface area contributed by atoms with Crippen LogP contribution in [0.1, 0.15) is 44.8 Å². The predicted octanol–water partition coefficient (Wildman–Crippen LogP) is 4.45. The highest BCUT2D eigenvalue weighted by Gasteiger charge is 2.18. The Kier molecular flexibility index (Phi) is 5.42. The van der Waals surface area contributed by atoms with Gasteiger partial charge in [-0.15, -0.1) is 0 Å². The third-order valence-electron chi connectivity index (χ3n) is 2.74. The highest BCUT2D eigenvalue weighted by molar-refractivity contribution is 9.10. The molecule has 16 heavy (non-hydrogen) atoms. The fraction of sp³-hybridized carbons (Fsp3) is 0.538. The summed E-state index contributed by atoms with van der Waals surface area (Å²) in [6, 6.07) is 4.77. The zero-order chi connectivity index (χ0) is 12.1. The topological polar surface area (TPSA) is 20.2 Å². The third-order valence-corrected chi connectivity index (χ3v) is 3.43. The average molecular weight is 289 g/mol. The van der Waals surface area contributed by atoms with Gasteiger partial charge < -0.3 is 5.11 Å². The minimum atomic E-state index is -0.725. The van der Waals surface area contributed by atoms with Crippen molar-refractivity contribution in [3.05, 3.63) is 34.1 Å². The fourth-order valence-corrected chi connectivity index (χ4v) is 2.54. The van der Waals surface area contributed by atoms with Crippen molar-refractivity contribution in [2.75, 3.05) is 0 Å². The summed E-state index contributed by atoms with van der Waals surface area (Å²) in [4.78, 5) is 0. The smallest absolute Gasteiger partial charge is 0.130 e. The summed E-state index contributed by atoms with van der Waals surface area (Å²) >= 11 is 3.28. The van der Waals surface area contributed by atoms with Crippen LogP contribution in [-0.2, 0) is 0 Å². The minimum Gasteiger partial charge on any atom is -0.388 e. The van der Waals surface area contributed by atoms with E-state index in [4.69, 9.17) is 0 Å². The molecule has 0 aromatic heterocycles. The Morgan fingerprint density at radius 3 is 2.69 bits per heavy atom. The largest absolute Gasteiger partial charge is 0.388 e. The monoisotopic (exact) mass is 288 g/mol. The first-order valence-corrected chi connectivity index (χ1v) is 6.47. The van der Waals surface area contributed by atoms with Crippen LogP contribution in [0.2, 0.25) is 0 Å². The standard InChI is InChI=1S/C13H18BrFO/c1-3-5-9(2)8-12(16)13-10(14)6-4-7-11(13)15/h4,6-7,9,12,16H,3,5,8H2,1-2H3. The van der Waals surface area contributed by atoms with Crippen molar-refractivity contribution in [1.29, 1.82) is 0 Å². The summed E-state index contributed by atoms with van der Waals surface area (Å²) in [7, 11) is 0. The molecule has 0 saturated heterocycles. The van der Waals surface area contributed by atoms with Gasteiger partial charge in [-0.05, 0) is 24.5 Å². The van der Waals surface area contributed by atoms with Gasteiger partial charge in [-0.2, -0.15) is 0 Å². The summed E-state index contributed by atoms with van der Waals surface area (Å²) < 4.78 is 14.2. The molecule has 1 aromatic rings. The van der Waals surface area contributed by atoms with Gasteiger partial charge in [-0.3, -0.25) is 0 Å². The normalized spacial score (nSPS) is 14.8. The maximum absolute atomic E-state index is 13.5. The summed E-state index contributed by atoms with van der Waals surface area (Å²) in [5.74, 6) is 0.0667. The molecule has 0 amide bonds. The van der Waals surface area contributed by atoms with Crippen LogP contribution in [0.25, 0.3) is 0 Å². The fourth-order valence-electron chi connectivity index (χ4n) is 1.94. The van der Waals surface area contributed by atoms with Gasteiger partial charge in [0.15, 0.2) is 0 Å². The van der Waals surface area contributed by atoms with Crippen molar-refractivity contribution in [2.24, 2.45) is 5.92 Å². The van der Waals surface area contributed by atoms with Crippen LogP contribution in [0.15, 0.2) is 22.7 Å². The van der Waals surface area contributed by atoms with Crippen molar-refractivity contribution in [3.8, 4) is 0 Å². The highest BCUT2D eigenvalue weighted by atomic mass is 79.9. The molecule has 0 aliphatic carbocycles. The molecule has 1 N–H and O–H groups in total. The third kappa shape index (κ3) is 3.56. The summed E-state index contributed by atoms with van der Waals surface area (Å²) in [6.07, 6.45) is 2.03. The minimum absolute atomic E-state index is 0.342. The Hall–Kier alpha value is -0.410. The Labute approximate surface area is 105 Å². The van der Waals surface area contributed by atoms with Crippen molar-refractivity contribution in [2.45, 2.75) is 39.2 Å². The second-order valence-corrected chi connectivity index (χ2v) is 5.14. The maximum Gasteiger partial charge on any atom is 0.130 e. The number of hydrogen-bond donors (Lipinski definition) is 1. The van der Waals surface area contributed by atoms with E-state index in [-0.39, 0.29) is 5.82 Å². The quantitative estimate of drug-likeness (QED) is 0.849. The lowest BCUT2D eigenvalue weighted by Gasteiger charge is -2.17. The second kappa shape index (κ2) is 6.36. The molecule has 0 aliphatic heterocycles. The number of aliphatic hydroxyl groups is 1. The molecule has 1 aromatic carbocycles. The van der Waals surface area contributed by atoms with Crippen LogP contribution in [0.4, 0.5) is 4.39 Å². The van der Waals surface area contributed by atoms with Crippen molar-refractivity contribution < 1.29 is 9.50 Å². The van der Waals surface area contributed by atoms with E-state index >= 15 is 0 Å². The number of halogens is 2. The van der Waals surface area contributed by atoms with Crippen molar-refractivity contribution in [1.82, 2.24) is 0 Å². The van der Waals surface area contributed by atoms with Crippen LogP contribution in [0, 0.1) is 11.7 Å². The first-order chi connectivity index (χ1) is 7.56. The van der Waals surface area contributed by atoms with E-state index in [0.717, 1.165) is 12.8 Å². The van der Waals surface area contributed by atoms with Crippen molar-refractivity contribution >= 4 is 15.9 Å². The maximum atomic E-state index is 13.5. The van der Waals surface area contributed by atoms with E-state index in [0.29, 0.717) is 22.4 Å². The molecule has 0 saturated carbocycles. The van der Waals surface area contributed by atoms with E-state index in [2.05, 4.69) is 29.8 Å². The van der Waals surface area contributed by atoms with Gasteiger partial charge in [-0.1, -0.05) is 48.7 Å². The number of hydrogen-bond acceptors (Lipinski definition) is 1. The first-order valence-electron chi connectivity index (χ1n) is 5.68. The molecule has 0 bridgehead atoms. The molecular weight excluding hydrogens is 271 g/mol. The molecule has 0 radical (unpaired) electrons. The van der Waals surface area contributed by atoms with Gasteiger partial charge in [0.1, 0.15) is 5.82 Å². The lowest BCUT2D eigenvalue weighted by Crippen LogP contribution is -2.07. The zero-order valence-corrected chi connectivity index (χ0v) is 11.3. The molecule has 0 heterocycles. The zero-order valence-electron chi connectivity index (χ0n) is 9.71. The molecule has 2 unspecified atom stereocenters. The number of aliphatic hydroxyl groups excluding tert-OH is 1. The molecule has 1 rings (SSSR count). The molecule has 2 atom stereocenters. The van der Waals surface area contributed by atoms with Crippen LogP contribution >= 0.6 is 15.9 Å². The van der Waals surface area contributed by atoms with E-state index in [1.54, 1.807) is 12.1 Å². The van der Waals surface area contributed by atoms with E-state index in [1.165, 1.54) is 6.07 Å². The van der Waals surface area contributed by atoms with Crippen LogP contribution < -0.4 is 0 Å². The molecule has 90 valence electrons. The van der Waals surface area contributed by atoms with Crippen LogP contribution in [0.3, 0.4) is 0 Å². The Balaban J connectivity index is 2.76. The SMILES string of the molecule is CCCC(C)CC(O)c1c(F)cccc1Br. The predicted molar refractivity (Wildman–Crippen MR) is 67.7 cm³/mol. The Morgan fingerprint density at radius 1 is 1.44 bits per heavy atom. The van der Waals surface area contributed by atoms with Gasteiger partial charge in [0, 0.05) is 10.0 Å². The summed E-state index contributed by atoms with van der Waals surface area (Å²) in [5, 5.41) is 10.0. The number of benzene rings is 1. The molecule has 3 heteroatoms. The van der Waals surface area contributed by atoms with E-state index in [9.17, 15) is 9.50 Å². The molecule has 0 spiro atoms. The van der Waals surface area contributed by atoms with E-state index in [1.807, 2.05) is 0 Å². The van der Waals surface area contributed by atoms with E-state index < -0.39 is 6.10 Å². The molecule has 1 nitrogen and oxygen atoms in total. The summed E-state index contributed by atoms with van der Waals surface area (Å²) in [6.45, 7) is 4.20. The lowest BCUT2D eigenvalue weighted by atomic mass is 9.95. The highest BCUT2D eigenvalue weighted by Crippen LogP contribution is 2.31. The number of rotatable bonds is 5. The lowest BCUT2D eigenvalue weighted by molar-refractivity contribution is 0.140. The van der Waals surface area contributed by atoms with Crippen LogP contribution in [0.5, 0.6) is 0 Å². The summed E-state index contributed by atoms with van der Waals surface area (Å²) in [5.41, 5.74) is 0.380.